The number of fused-ring (bicyclic) bond motifs is 1. The fourth-order valence-electron chi connectivity index (χ4n) is 2.57. The molecule has 2 aromatic carbocycles. The van der Waals surface area contributed by atoms with Gasteiger partial charge in [-0.1, -0.05) is 23.2 Å². The summed E-state index contributed by atoms with van der Waals surface area (Å²) in [6.07, 6.45) is 0.891. The number of sulfonamides is 1. The summed E-state index contributed by atoms with van der Waals surface area (Å²) in [7, 11) is -2.08. The molecule has 0 aliphatic carbocycles. The average Bonchev–Trinajstić information content (AvgIpc) is 2.54. The van der Waals surface area contributed by atoms with Gasteiger partial charge in [-0.15, -0.1) is 0 Å². The zero-order valence-corrected chi connectivity index (χ0v) is 15.0. The minimum Gasteiger partial charge on any atom is -0.315 e. The van der Waals surface area contributed by atoms with Crippen LogP contribution >= 0.6 is 23.2 Å². The largest absolute Gasteiger partial charge is 0.315 e. The van der Waals surface area contributed by atoms with Gasteiger partial charge in [0.25, 0.3) is 10.0 Å². The fourth-order valence-corrected chi connectivity index (χ4v) is 3.97. The molecule has 2 aromatic rings. The lowest BCUT2D eigenvalue weighted by Gasteiger charge is -2.26. The molecule has 0 saturated carbocycles. The molecule has 0 radical (unpaired) electrons. The molecule has 1 aliphatic rings. The Morgan fingerprint density at radius 1 is 1.04 bits per heavy atom. The smallest absolute Gasteiger partial charge is 0.261 e. The number of hydrogen-bond acceptors (Lipinski definition) is 3. The molecule has 1 N–H and O–H groups in total. The maximum atomic E-state index is 12.6. The number of rotatable bonds is 3. The number of hydrogen-bond donors (Lipinski definition) is 1. The van der Waals surface area contributed by atoms with Crippen LogP contribution < -0.4 is 9.62 Å². The van der Waals surface area contributed by atoms with Gasteiger partial charge in [-0.3, -0.25) is 9.52 Å². The van der Waals surface area contributed by atoms with Gasteiger partial charge in [-0.2, -0.15) is 0 Å². The lowest BCUT2D eigenvalue weighted by molar-refractivity contribution is -0.118. The quantitative estimate of drug-likeness (QED) is 0.876. The maximum Gasteiger partial charge on any atom is 0.261 e. The maximum absolute atomic E-state index is 12.6. The molecule has 3 rings (SSSR count). The number of carbonyl (C=O) groups is 1. The van der Waals surface area contributed by atoms with Gasteiger partial charge in [0.2, 0.25) is 5.91 Å². The Morgan fingerprint density at radius 3 is 2.50 bits per heavy atom. The number of aryl methyl sites for hydroxylation is 1. The highest BCUT2D eigenvalue weighted by atomic mass is 35.5. The Kier molecular flexibility index (Phi) is 4.46. The van der Waals surface area contributed by atoms with Gasteiger partial charge in [0.1, 0.15) is 0 Å². The van der Waals surface area contributed by atoms with Crippen molar-refractivity contribution in [2.75, 3.05) is 16.7 Å². The van der Waals surface area contributed by atoms with Crippen molar-refractivity contribution in [1.82, 2.24) is 0 Å². The van der Waals surface area contributed by atoms with Crippen LogP contribution in [0.4, 0.5) is 11.4 Å². The van der Waals surface area contributed by atoms with Gasteiger partial charge in [0.15, 0.2) is 0 Å². The molecular formula is C16H14Cl2N2O3S. The van der Waals surface area contributed by atoms with E-state index in [-0.39, 0.29) is 15.8 Å². The number of nitrogens with zero attached hydrogens (tertiary/aromatic N) is 1. The summed E-state index contributed by atoms with van der Waals surface area (Å²) in [4.78, 5) is 13.4. The predicted molar refractivity (Wildman–Crippen MR) is 95.4 cm³/mol. The topological polar surface area (TPSA) is 66.5 Å². The van der Waals surface area contributed by atoms with Gasteiger partial charge < -0.3 is 4.90 Å². The van der Waals surface area contributed by atoms with Gasteiger partial charge in [0.05, 0.1) is 20.6 Å². The van der Waals surface area contributed by atoms with Gasteiger partial charge in [-0.05, 0) is 48.4 Å². The van der Waals surface area contributed by atoms with Gasteiger partial charge >= 0.3 is 0 Å². The Morgan fingerprint density at radius 2 is 1.79 bits per heavy atom. The van der Waals surface area contributed by atoms with Gasteiger partial charge in [-0.25, -0.2) is 8.42 Å². The van der Waals surface area contributed by atoms with E-state index in [0.29, 0.717) is 23.6 Å². The monoisotopic (exact) mass is 384 g/mol. The first-order chi connectivity index (χ1) is 11.3. The Hall–Kier alpha value is -1.76. The predicted octanol–water partition coefficient (Wildman–Crippen LogP) is 3.70. The second-order valence-corrected chi connectivity index (χ2v) is 7.97. The van der Waals surface area contributed by atoms with Crippen LogP contribution in [-0.2, 0) is 21.2 Å². The molecule has 0 saturated heterocycles. The summed E-state index contributed by atoms with van der Waals surface area (Å²) in [5, 5.41) is 0.614. The first-order valence-corrected chi connectivity index (χ1v) is 9.39. The summed E-state index contributed by atoms with van der Waals surface area (Å²) in [5.74, 6) is 0.0204. The number of amides is 1. The first kappa shape index (κ1) is 17.1. The lowest BCUT2D eigenvalue weighted by Crippen LogP contribution is -2.31. The van der Waals surface area contributed by atoms with E-state index in [1.165, 1.54) is 24.3 Å². The van der Waals surface area contributed by atoms with E-state index in [9.17, 15) is 13.2 Å². The molecule has 5 nitrogen and oxygen atoms in total. The van der Waals surface area contributed by atoms with Gasteiger partial charge in [0, 0.05) is 19.2 Å². The summed E-state index contributed by atoms with van der Waals surface area (Å²) in [5.41, 5.74) is 1.89. The van der Waals surface area contributed by atoms with Crippen molar-refractivity contribution in [2.24, 2.45) is 0 Å². The number of carbonyl (C=O) groups excluding carboxylic acids is 1. The molecule has 0 unspecified atom stereocenters. The second-order valence-electron chi connectivity index (χ2n) is 5.48. The van der Waals surface area contributed by atoms with E-state index < -0.39 is 10.0 Å². The SMILES string of the molecule is CN1C(=O)CCc2cc(S(=O)(=O)Nc3ccc(Cl)c(Cl)c3)ccc21. The molecule has 0 atom stereocenters. The average molecular weight is 385 g/mol. The fraction of sp³-hybridized carbons (Fsp3) is 0.188. The third-order valence-corrected chi connectivity index (χ3v) is 5.99. The number of benzene rings is 2. The van der Waals surface area contributed by atoms with Crippen LogP contribution in [-0.4, -0.2) is 21.4 Å². The summed E-state index contributed by atoms with van der Waals surface area (Å²) >= 11 is 11.7. The second kappa shape index (κ2) is 6.27. The van der Waals surface area contributed by atoms with E-state index in [1.807, 2.05) is 0 Å². The number of anilines is 2. The Bertz CT molecular complexity index is 929. The van der Waals surface area contributed by atoms with Crippen molar-refractivity contribution >= 4 is 50.5 Å². The van der Waals surface area contributed by atoms with Crippen molar-refractivity contribution < 1.29 is 13.2 Å². The number of halogens is 2. The van der Waals surface area contributed by atoms with Crippen molar-refractivity contribution in [2.45, 2.75) is 17.7 Å². The third-order valence-electron chi connectivity index (χ3n) is 3.88. The molecule has 1 aliphatic heterocycles. The van der Waals surface area contributed by atoms with Crippen molar-refractivity contribution in [3.8, 4) is 0 Å². The van der Waals surface area contributed by atoms with Crippen LogP contribution in [0.25, 0.3) is 0 Å². The zero-order valence-electron chi connectivity index (χ0n) is 12.7. The minimum absolute atomic E-state index is 0.0204. The van der Waals surface area contributed by atoms with Crippen molar-refractivity contribution in [3.05, 3.63) is 52.0 Å². The third kappa shape index (κ3) is 3.22. The van der Waals surface area contributed by atoms with Crippen LogP contribution in [0, 0.1) is 0 Å². The van der Waals surface area contributed by atoms with E-state index >= 15 is 0 Å². The lowest BCUT2D eigenvalue weighted by atomic mass is 10.0. The van der Waals surface area contributed by atoms with E-state index in [1.54, 1.807) is 24.1 Å². The molecule has 126 valence electrons. The summed E-state index contributed by atoms with van der Waals surface area (Å²) < 4.78 is 27.6. The highest BCUT2D eigenvalue weighted by Crippen LogP contribution is 2.30. The molecule has 0 spiro atoms. The molecule has 0 fully saturated rings. The van der Waals surface area contributed by atoms with Crippen LogP contribution in [0.2, 0.25) is 10.0 Å². The highest BCUT2D eigenvalue weighted by Gasteiger charge is 2.23. The minimum atomic E-state index is -3.76. The van der Waals surface area contributed by atoms with Crippen LogP contribution in [0.3, 0.4) is 0 Å². The zero-order chi connectivity index (χ0) is 17.5. The summed E-state index contributed by atoms with van der Waals surface area (Å²) in [6.45, 7) is 0. The van der Waals surface area contributed by atoms with Crippen LogP contribution in [0.5, 0.6) is 0 Å². The first-order valence-electron chi connectivity index (χ1n) is 7.15. The van der Waals surface area contributed by atoms with Crippen LogP contribution in [0.1, 0.15) is 12.0 Å². The molecular weight excluding hydrogens is 371 g/mol. The normalized spacial score (nSPS) is 14.5. The molecule has 0 bridgehead atoms. The van der Waals surface area contributed by atoms with E-state index in [2.05, 4.69) is 4.72 Å². The molecule has 1 amide bonds. The number of nitrogens with one attached hydrogen (secondary N) is 1. The van der Waals surface area contributed by atoms with Crippen molar-refractivity contribution in [3.63, 3.8) is 0 Å². The Labute approximate surface area is 150 Å². The van der Waals surface area contributed by atoms with Crippen molar-refractivity contribution in [1.29, 1.82) is 0 Å². The molecule has 24 heavy (non-hydrogen) atoms. The molecule has 0 aromatic heterocycles. The van der Waals surface area contributed by atoms with Crippen LogP contribution in [0.15, 0.2) is 41.3 Å². The van der Waals surface area contributed by atoms with E-state index in [0.717, 1.165) is 11.3 Å². The van der Waals surface area contributed by atoms with E-state index in [4.69, 9.17) is 23.2 Å². The molecule has 1 heterocycles. The Balaban J connectivity index is 1.93. The highest BCUT2D eigenvalue weighted by molar-refractivity contribution is 7.92. The molecule has 8 heteroatoms. The standard InChI is InChI=1S/C16H14Cl2N2O3S/c1-20-15-6-4-12(8-10(15)2-7-16(20)21)24(22,23)19-11-3-5-13(17)14(18)9-11/h3-6,8-9,19H,2,7H2,1H3. The summed E-state index contributed by atoms with van der Waals surface area (Å²) in [6, 6.07) is 9.24.